The van der Waals surface area contributed by atoms with E-state index < -0.39 is 23.5 Å². The summed E-state index contributed by atoms with van der Waals surface area (Å²) < 4.78 is 54.9. The molecule has 0 fully saturated rings. The molecule has 1 rings (SSSR count). The second kappa shape index (κ2) is 6.40. The molecule has 0 saturated heterocycles. The molecule has 106 valence electrons. The van der Waals surface area contributed by atoms with E-state index >= 15 is 0 Å². The number of nitrogens with one attached hydrogen (secondary N) is 1. The van der Waals surface area contributed by atoms with E-state index in [4.69, 9.17) is 0 Å². The summed E-state index contributed by atoms with van der Waals surface area (Å²) in [6, 6.07) is 2.17. The third-order valence-electron chi connectivity index (χ3n) is 2.25. The molecule has 0 spiro atoms. The Kier molecular flexibility index (Phi) is 5.14. The van der Waals surface area contributed by atoms with Gasteiger partial charge in [0.2, 0.25) is 0 Å². The summed E-state index contributed by atoms with van der Waals surface area (Å²) in [5.74, 6) is -1.47. The molecule has 0 aliphatic heterocycles. The first kappa shape index (κ1) is 15.3. The fourth-order valence-corrected chi connectivity index (χ4v) is 1.37. The topological polar surface area (TPSA) is 38.3 Å². The van der Waals surface area contributed by atoms with Crippen LogP contribution in [0.1, 0.15) is 18.9 Å². The molecule has 1 aromatic rings. The largest absolute Gasteiger partial charge is 0.466 e. The molecular weight excluding hydrogens is 266 g/mol. The van der Waals surface area contributed by atoms with Gasteiger partial charge in [0.05, 0.1) is 24.3 Å². The van der Waals surface area contributed by atoms with Crippen molar-refractivity contribution in [2.75, 3.05) is 18.5 Å². The zero-order chi connectivity index (χ0) is 14.5. The lowest BCUT2D eigenvalue weighted by molar-refractivity contribution is -0.142. The zero-order valence-electron chi connectivity index (χ0n) is 10.2. The van der Waals surface area contributed by atoms with Crippen LogP contribution in [0, 0.1) is 5.82 Å². The maximum atomic E-state index is 13.4. The van der Waals surface area contributed by atoms with Crippen LogP contribution in [0.3, 0.4) is 0 Å². The molecule has 19 heavy (non-hydrogen) atoms. The highest BCUT2D eigenvalue weighted by atomic mass is 19.4. The SMILES string of the molecule is CCOC(=O)CCNc1ccc(C(F)(F)F)cc1F. The molecule has 0 amide bonds. The third kappa shape index (κ3) is 4.76. The summed E-state index contributed by atoms with van der Waals surface area (Å²) in [5, 5.41) is 2.54. The van der Waals surface area contributed by atoms with Crippen LogP contribution in [0.15, 0.2) is 18.2 Å². The van der Waals surface area contributed by atoms with Crippen molar-refractivity contribution >= 4 is 11.7 Å². The van der Waals surface area contributed by atoms with Gasteiger partial charge in [-0.3, -0.25) is 4.79 Å². The predicted molar refractivity (Wildman–Crippen MR) is 61.1 cm³/mol. The summed E-state index contributed by atoms with van der Waals surface area (Å²) in [4.78, 5) is 11.0. The first-order chi connectivity index (χ1) is 8.84. The predicted octanol–water partition coefficient (Wildman–Crippen LogP) is 3.21. The molecule has 0 aliphatic carbocycles. The summed E-state index contributed by atoms with van der Waals surface area (Å²) in [5.41, 5.74) is -1.14. The summed E-state index contributed by atoms with van der Waals surface area (Å²) in [6.07, 6.45) is -4.57. The molecule has 0 heterocycles. The Morgan fingerprint density at radius 3 is 2.58 bits per heavy atom. The molecule has 0 saturated carbocycles. The van der Waals surface area contributed by atoms with Gasteiger partial charge in [-0.25, -0.2) is 4.39 Å². The smallest absolute Gasteiger partial charge is 0.416 e. The van der Waals surface area contributed by atoms with Crippen molar-refractivity contribution in [3.8, 4) is 0 Å². The maximum Gasteiger partial charge on any atom is 0.416 e. The third-order valence-corrected chi connectivity index (χ3v) is 2.25. The van der Waals surface area contributed by atoms with E-state index in [1.54, 1.807) is 6.92 Å². The van der Waals surface area contributed by atoms with Crippen molar-refractivity contribution in [2.45, 2.75) is 19.5 Å². The van der Waals surface area contributed by atoms with Crippen molar-refractivity contribution in [1.82, 2.24) is 0 Å². The van der Waals surface area contributed by atoms with Crippen LogP contribution in [0.2, 0.25) is 0 Å². The highest BCUT2D eigenvalue weighted by Gasteiger charge is 2.31. The molecule has 1 N–H and O–H groups in total. The lowest BCUT2D eigenvalue weighted by atomic mass is 10.2. The van der Waals surface area contributed by atoms with Gasteiger partial charge in [-0.05, 0) is 25.1 Å². The fraction of sp³-hybridized carbons (Fsp3) is 0.417. The number of carbonyl (C=O) groups excluding carboxylic acids is 1. The average molecular weight is 279 g/mol. The second-order valence-corrected chi connectivity index (χ2v) is 3.67. The van der Waals surface area contributed by atoms with E-state index in [1.165, 1.54) is 0 Å². The van der Waals surface area contributed by atoms with Gasteiger partial charge in [0.1, 0.15) is 5.82 Å². The van der Waals surface area contributed by atoms with Crippen LogP contribution >= 0.6 is 0 Å². The fourth-order valence-electron chi connectivity index (χ4n) is 1.37. The van der Waals surface area contributed by atoms with Gasteiger partial charge in [0.15, 0.2) is 0 Å². The van der Waals surface area contributed by atoms with Crippen molar-refractivity contribution in [3.05, 3.63) is 29.6 Å². The lowest BCUT2D eigenvalue weighted by Crippen LogP contribution is -2.12. The van der Waals surface area contributed by atoms with Crippen molar-refractivity contribution in [2.24, 2.45) is 0 Å². The van der Waals surface area contributed by atoms with Gasteiger partial charge in [0, 0.05) is 6.54 Å². The molecule has 0 aromatic heterocycles. The maximum absolute atomic E-state index is 13.4. The van der Waals surface area contributed by atoms with E-state index in [-0.39, 0.29) is 25.3 Å². The average Bonchev–Trinajstić information content (AvgIpc) is 2.30. The van der Waals surface area contributed by atoms with Crippen LogP contribution in [0.4, 0.5) is 23.2 Å². The van der Waals surface area contributed by atoms with Crippen LogP contribution in [-0.4, -0.2) is 19.1 Å². The number of hydrogen-bond donors (Lipinski definition) is 1. The minimum atomic E-state index is -4.58. The summed E-state index contributed by atoms with van der Waals surface area (Å²) >= 11 is 0. The quantitative estimate of drug-likeness (QED) is 0.664. The number of rotatable bonds is 5. The number of alkyl halides is 3. The Bertz CT molecular complexity index is 446. The molecular formula is C12H13F4NO2. The Morgan fingerprint density at radius 1 is 1.37 bits per heavy atom. The van der Waals surface area contributed by atoms with Gasteiger partial charge in [-0.2, -0.15) is 13.2 Å². The standard InChI is InChI=1S/C12H13F4NO2/c1-2-19-11(18)5-6-17-10-4-3-8(7-9(10)13)12(14,15)16/h3-4,7,17H,2,5-6H2,1H3. The van der Waals surface area contributed by atoms with E-state index in [0.29, 0.717) is 6.07 Å². The first-order valence-corrected chi connectivity index (χ1v) is 5.61. The van der Waals surface area contributed by atoms with Crippen LogP contribution in [-0.2, 0) is 15.7 Å². The molecule has 0 aliphatic rings. The Labute approximate surface area is 107 Å². The van der Waals surface area contributed by atoms with Gasteiger partial charge >= 0.3 is 12.1 Å². The van der Waals surface area contributed by atoms with Gasteiger partial charge in [-0.1, -0.05) is 0 Å². The highest BCUT2D eigenvalue weighted by molar-refractivity contribution is 5.70. The summed E-state index contributed by atoms with van der Waals surface area (Å²) in [6.45, 7) is 1.98. The van der Waals surface area contributed by atoms with E-state index in [1.807, 2.05) is 0 Å². The van der Waals surface area contributed by atoms with Crippen molar-refractivity contribution in [3.63, 3.8) is 0 Å². The van der Waals surface area contributed by atoms with E-state index in [2.05, 4.69) is 10.1 Å². The Morgan fingerprint density at radius 2 is 2.05 bits per heavy atom. The van der Waals surface area contributed by atoms with Crippen molar-refractivity contribution < 1.29 is 27.1 Å². The van der Waals surface area contributed by atoms with Gasteiger partial charge in [0.25, 0.3) is 0 Å². The molecule has 0 bridgehead atoms. The van der Waals surface area contributed by atoms with Gasteiger partial charge in [-0.15, -0.1) is 0 Å². The molecule has 0 unspecified atom stereocenters. The summed E-state index contributed by atoms with van der Waals surface area (Å²) in [7, 11) is 0. The number of anilines is 1. The molecule has 0 radical (unpaired) electrons. The lowest BCUT2D eigenvalue weighted by Gasteiger charge is -2.10. The highest BCUT2D eigenvalue weighted by Crippen LogP contribution is 2.31. The first-order valence-electron chi connectivity index (χ1n) is 5.61. The molecule has 1 aromatic carbocycles. The number of ether oxygens (including phenoxy) is 1. The number of hydrogen-bond acceptors (Lipinski definition) is 3. The normalized spacial score (nSPS) is 11.2. The zero-order valence-corrected chi connectivity index (χ0v) is 10.2. The van der Waals surface area contributed by atoms with E-state index in [0.717, 1.165) is 12.1 Å². The Hall–Kier alpha value is -1.79. The minimum absolute atomic E-state index is 0.00824. The van der Waals surface area contributed by atoms with E-state index in [9.17, 15) is 22.4 Å². The molecule has 7 heteroatoms. The second-order valence-electron chi connectivity index (χ2n) is 3.67. The minimum Gasteiger partial charge on any atom is -0.466 e. The van der Waals surface area contributed by atoms with Crippen LogP contribution < -0.4 is 5.32 Å². The molecule has 0 atom stereocenters. The number of halogens is 4. The van der Waals surface area contributed by atoms with Crippen LogP contribution in [0.25, 0.3) is 0 Å². The van der Waals surface area contributed by atoms with Crippen molar-refractivity contribution in [1.29, 1.82) is 0 Å². The number of carbonyl (C=O) groups is 1. The number of benzene rings is 1. The molecule has 3 nitrogen and oxygen atoms in total. The monoisotopic (exact) mass is 279 g/mol. The number of esters is 1. The van der Waals surface area contributed by atoms with Crippen LogP contribution in [0.5, 0.6) is 0 Å². The Balaban J connectivity index is 2.58. The van der Waals surface area contributed by atoms with Gasteiger partial charge < -0.3 is 10.1 Å².